The molecule has 5 rings (SSSR count). The maximum Gasteiger partial charge on any atom is 0.187 e. The van der Waals surface area contributed by atoms with E-state index in [4.69, 9.17) is 42.6 Å². The number of ether oxygens (including phenoxy) is 9. The second kappa shape index (κ2) is 19.6. The molecule has 17 N–H and O–H groups in total. The third-order valence-corrected chi connectivity index (χ3v) is 10.3. The van der Waals surface area contributed by atoms with Crippen molar-refractivity contribution >= 4 is 0 Å². The highest BCUT2D eigenvalue weighted by molar-refractivity contribution is 4.97. The lowest BCUT2D eigenvalue weighted by atomic mass is 9.96. The molecule has 0 aromatic rings. The SMILES string of the molecule is OC[C@H]1O[C@H](OC[C@H]2O[C@H](O[C@@H]3[C@H](O)[C@@H](O)O[C@H](CO[C@H]4O[C@H](CO)[C@@H](O)[C@H](O[C@H]5O[C@H](CO)[C@@H](O)[C@H](O)[C@@H]5O)[C@@H]4O)[C@H]3O)[C@@H](O)[C@@H](O)[C@@H]2O)[C@@H](O)[C@@H](O)[C@@H]1O. The lowest BCUT2D eigenvalue weighted by molar-refractivity contribution is -0.373. The quantitative estimate of drug-likeness (QED) is 0.0819. The standard InChI is InChI=1S/C30H52O26/c31-1-6-11(34)16(39)19(42)27(51-6)48-4-9-13(36)18(41)21(44)30(54-9)55-24-15(38)10(50-26(47)22(24)45)5-49-28-23(46)25(14(37)8(3-33)52-28)56-29-20(43)17(40)12(35)7(2-32)53-29/h6-47H,1-5H2/t6-,7-,8-,9-,10-,11-,12-,13-,14-,15-,16+,17+,18+,19+,20+,21+,22+,23+,24+,25+,26+,27+,28+,29-,30-/m1/s1. The second-order valence-electron chi connectivity index (χ2n) is 14.0. The van der Waals surface area contributed by atoms with E-state index < -0.39 is 187 Å². The maximum absolute atomic E-state index is 11.1. The zero-order valence-corrected chi connectivity index (χ0v) is 29.2. The molecule has 328 valence electrons. The smallest absolute Gasteiger partial charge is 0.187 e. The van der Waals surface area contributed by atoms with Crippen molar-refractivity contribution < 1.29 is 129 Å². The van der Waals surface area contributed by atoms with Gasteiger partial charge in [0.15, 0.2) is 31.5 Å². The molecular weight excluding hydrogens is 776 g/mol. The highest BCUT2D eigenvalue weighted by atomic mass is 16.8. The zero-order valence-electron chi connectivity index (χ0n) is 29.2. The van der Waals surface area contributed by atoms with Crippen molar-refractivity contribution in [3.63, 3.8) is 0 Å². The zero-order chi connectivity index (χ0) is 41.3. The first-order valence-electron chi connectivity index (χ1n) is 17.6. The van der Waals surface area contributed by atoms with Crippen molar-refractivity contribution in [1.82, 2.24) is 0 Å². The molecule has 5 heterocycles. The summed E-state index contributed by atoms with van der Waals surface area (Å²) >= 11 is 0. The summed E-state index contributed by atoms with van der Waals surface area (Å²) in [5, 5.41) is 175. The molecule has 0 unspecified atom stereocenters. The minimum Gasteiger partial charge on any atom is -0.394 e. The number of hydrogen-bond acceptors (Lipinski definition) is 26. The highest BCUT2D eigenvalue weighted by Crippen LogP contribution is 2.33. The van der Waals surface area contributed by atoms with Gasteiger partial charge in [-0.25, -0.2) is 0 Å². The van der Waals surface area contributed by atoms with Crippen molar-refractivity contribution in [2.45, 2.75) is 154 Å². The van der Waals surface area contributed by atoms with Crippen LogP contribution in [0.15, 0.2) is 0 Å². The largest absolute Gasteiger partial charge is 0.394 e. The molecule has 0 aromatic heterocycles. The van der Waals surface area contributed by atoms with Crippen LogP contribution in [0.5, 0.6) is 0 Å². The van der Waals surface area contributed by atoms with Gasteiger partial charge in [0.1, 0.15) is 122 Å². The van der Waals surface area contributed by atoms with Gasteiger partial charge < -0.3 is 129 Å². The molecule has 0 aliphatic carbocycles. The first-order valence-corrected chi connectivity index (χ1v) is 17.6. The van der Waals surface area contributed by atoms with Gasteiger partial charge in [-0.3, -0.25) is 0 Å². The van der Waals surface area contributed by atoms with Crippen LogP contribution in [0, 0.1) is 0 Å². The lowest BCUT2D eigenvalue weighted by Crippen LogP contribution is -2.66. The molecule has 0 amide bonds. The minimum absolute atomic E-state index is 0.736. The first kappa shape index (κ1) is 46.0. The summed E-state index contributed by atoms with van der Waals surface area (Å²) in [4.78, 5) is 0. The van der Waals surface area contributed by atoms with Crippen molar-refractivity contribution in [1.29, 1.82) is 0 Å². The minimum atomic E-state index is -2.12. The normalized spacial score (nSPS) is 53.2. The van der Waals surface area contributed by atoms with Crippen molar-refractivity contribution in [3.05, 3.63) is 0 Å². The molecule has 25 atom stereocenters. The molecule has 5 aliphatic heterocycles. The van der Waals surface area contributed by atoms with E-state index in [0.717, 1.165) is 0 Å². The molecule has 0 saturated carbocycles. The van der Waals surface area contributed by atoms with E-state index in [1.165, 1.54) is 0 Å². The van der Waals surface area contributed by atoms with E-state index in [9.17, 15) is 86.8 Å². The van der Waals surface area contributed by atoms with E-state index in [1.54, 1.807) is 0 Å². The van der Waals surface area contributed by atoms with Gasteiger partial charge in [0.25, 0.3) is 0 Å². The van der Waals surface area contributed by atoms with Gasteiger partial charge in [0.2, 0.25) is 0 Å². The fourth-order valence-corrected chi connectivity index (χ4v) is 6.81. The number of aliphatic hydroxyl groups excluding tert-OH is 17. The Kier molecular flexibility index (Phi) is 16.1. The number of hydrogen-bond donors (Lipinski definition) is 17. The molecule has 0 aromatic carbocycles. The number of rotatable bonds is 13. The van der Waals surface area contributed by atoms with Crippen LogP contribution < -0.4 is 0 Å². The molecule has 0 radical (unpaired) electrons. The summed E-state index contributed by atoms with van der Waals surface area (Å²) in [5.74, 6) is 0. The highest BCUT2D eigenvalue weighted by Gasteiger charge is 2.54. The summed E-state index contributed by atoms with van der Waals surface area (Å²) < 4.78 is 48.6. The second-order valence-corrected chi connectivity index (χ2v) is 14.0. The average Bonchev–Trinajstić information content (AvgIpc) is 3.18. The number of aliphatic hydroxyl groups is 17. The lowest BCUT2D eigenvalue weighted by Gasteiger charge is -2.47. The van der Waals surface area contributed by atoms with Crippen molar-refractivity contribution in [2.75, 3.05) is 33.0 Å². The summed E-state index contributed by atoms with van der Waals surface area (Å²) in [7, 11) is 0. The molecule has 5 saturated heterocycles. The van der Waals surface area contributed by atoms with Gasteiger partial charge in [-0.15, -0.1) is 0 Å². The molecule has 5 fully saturated rings. The van der Waals surface area contributed by atoms with E-state index >= 15 is 0 Å². The third-order valence-electron chi connectivity index (χ3n) is 10.3. The van der Waals surface area contributed by atoms with E-state index in [1.807, 2.05) is 0 Å². The molecule has 26 nitrogen and oxygen atoms in total. The van der Waals surface area contributed by atoms with E-state index in [0.29, 0.717) is 0 Å². The van der Waals surface area contributed by atoms with Gasteiger partial charge in [-0.05, 0) is 0 Å². The molecule has 0 spiro atoms. The van der Waals surface area contributed by atoms with E-state index in [-0.39, 0.29) is 0 Å². The van der Waals surface area contributed by atoms with E-state index in [2.05, 4.69) is 0 Å². The summed E-state index contributed by atoms with van der Waals surface area (Å²) in [6.45, 7) is -4.02. The Morgan fingerprint density at radius 3 is 1.09 bits per heavy atom. The Morgan fingerprint density at radius 1 is 0.304 bits per heavy atom. The molecule has 0 bridgehead atoms. The maximum atomic E-state index is 11.1. The van der Waals surface area contributed by atoms with Crippen LogP contribution in [-0.4, -0.2) is 273 Å². The van der Waals surface area contributed by atoms with Gasteiger partial charge in [-0.1, -0.05) is 0 Å². The Labute approximate surface area is 316 Å². The summed E-state index contributed by atoms with van der Waals surface area (Å²) in [5.41, 5.74) is 0. The van der Waals surface area contributed by atoms with Crippen LogP contribution in [0.4, 0.5) is 0 Å². The van der Waals surface area contributed by atoms with Gasteiger partial charge in [-0.2, -0.15) is 0 Å². The Hall–Kier alpha value is -1.04. The van der Waals surface area contributed by atoms with Crippen LogP contribution in [0.3, 0.4) is 0 Å². The average molecular weight is 829 g/mol. The summed E-state index contributed by atoms with van der Waals surface area (Å²) in [6.07, 6.45) is -45.4. The Balaban J connectivity index is 1.22. The van der Waals surface area contributed by atoms with Crippen LogP contribution in [0.1, 0.15) is 0 Å². The van der Waals surface area contributed by atoms with Crippen LogP contribution >= 0.6 is 0 Å². The van der Waals surface area contributed by atoms with Gasteiger partial charge in [0, 0.05) is 0 Å². The topological polar surface area (TPSA) is 427 Å². The Morgan fingerprint density at radius 2 is 0.625 bits per heavy atom. The van der Waals surface area contributed by atoms with Crippen LogP contribution in [0.2, 0.25) is 0 Å². The molecule has 26 heteroatoms. The van der Waals surface area contributed by atoms with Crippen LogP contribution in [0.25, 0.3) is 0 Å². The molecular formula is C30H52O26. The molecule has 56 heavy (non-hydrogen) atoms. The van der Waals surface area contributed by atoms with Crippen molar-refractivity contribution in [3.8, 4) is 0 Å². The van der Waals surface area contributed by atoms with Gasteiger partial charge in [0.05, 0.1) is 33.0 Å². The third kappa shape index (κ3) is 9.46. The first-order chi connectivity index (χ1) is 26.4. The Bertz CT molecular complexity index is 1200. The predicted octanol–water partition coefficient (Wildman–Crippen LogP) is -11.9. The molecule has 5 aliphatic rings. The fraction of sp³-hybridized carbons (Fsp3) is 1.00. The predicted molar refractivity (Wildman–Crippen MR) is 167 cm³/mol. The monoisotopic (exact) mass is 828 g/mol. The fourth-order valence-electron chi connectivity index (χ4n) is 6.81. The van der Waals surface area contributed by atoms with Gasteiger partial charge >= 0.3 is 0 Å². The summed E-state index contributed by atoms with van der Waals surface area (Å²) in [6, 6.07) is 0. The van der Waals surface area contributed by atoms with Crippen LogP contribution in [-0.2, 0) is 42.6 Å². The van der Waals surface area contributed by atoms with Crippen molar-refractivity contribution in [2.24, 2.45) is 0 Å².